The Morgan fingerprint density at radius 3 is 2.35 bits per heavy atom. The lowest BCUT2D eigenvalue weighted by Gasteiger charge is -2.32. The standard InChI is InChI=1S/C26H22F3NO4/c27-26(28,29)20-10-5-4-9-19(20)23(31)18-11-12-22-21(15-18)25(33-13-6-14-34-25)24(32)30(22)16-17-7-2-1-3-8-17/h1-5,7-12,15,23,31H,6,13-14,16H2. The molecule has 0 bridgehead atoms. The Hall–Kier alpha value is -3.20. The quantitative estimate of drug-likeness (QED) is 0.589. The fourth-order valence-electron chi connectivity index (χ4n) is 4.53. The summed E-state index contributed by atoms with van der Waals surface area (Å²) in [6.07, 6.45) is -5.56. The molecule has 1 amide bonds. The van der Waals surface area contributed by atoms with Gasteiger partial charge in [0.05, 0.1) is 31.0 Å². The van der Waals surface area contributed by atoms with Crippen LogP contribution >= 0.6 is 0 Å². The summed E-state index contributed by atoms with van der Waals surface area (Å²) in [6.45, 7) is 0.877. The topological polar surface area (TPSA) is 59.0 Å². The smallest absolute Gasteiger partial charge is 0.384 e. The molecule has 8 heteroatoms. The number of aliphatic hydroxyl groups is 1. The first-order valence-corrected chi connectivity index (χ1v) is 10.9. The second kappa shape index (κ2) is 8.54. The highest BCUT2D eigenvalue weighted by Gasteiger charge is 2.55. The van der Waals surface area contributed by atoms with Crippen LogP contribution in [0.1, 0.15) is 40.3 Å². The number of ether oxygens (including phenoxy) is 2. The fourth-order valence-corrected chi connectivity index (χ4v) is 4.53. The number of nitrogens with zero attached hydrogens (tertiary/aromatic N) is 1. The Labute approximate surface area is 194 Å². The Morgan fingerprint density at radius 1 is 0.971 bits per heavy atom. The fraction of sp³-hybridized carbons (Fsp3) is 0.269. The van der Waals surface area contributed by atoms with E-state index in [1.54, 1.807) is 11.0 Å². The first-order chi connectivity index (χ1) is 16.3. The Balaban J connectivity index is 1.58. The number of carbonyl (C=O) groups excluding carboxylic acids is 1. The van der Waals surface area contributed by atoms with E-state index in [9.17, 15) is 23.1 Å². The van der Waals surface area contributed by atoms with Gasteiger partial charge in [-0.3, -0.25) is 4.79 Å². The van der Waals surface area contributed by atoms with Crippen molar-refractivity contribution in [2.45, 2.75) is 31.0 Å². The minimum absolute atomic E-state index is 0.210. The van der Waals surface area contributed by atoms with Crippen molar-refractivity contribution in [1.29, 1.82) is 0 Å². The highest BCUT2D eigenvalue weighted by Crippen LogP contribution is 2.47. The molecule has 5 rings (SSSR count). The zero-order valence-electron chi connectivity index (χ0n) is 18.1. The van der Waals surface area contributed by atoms with Crippen molar-refractivity contribution in [3.8, 4) is 0 Å². The minimum atomic E-state index is -4.62. The van der Waals surface area contributed by atoms with E-state index in [4.69, 9.17) is 9.47 Å². The van der Waals surface area contributed by atoms with E-state index in [1.165, 1.54) is 30.3 Å². The first kappa shape index (κ1) is 22.6. The number of alkyl halides is 3. The van der Waals surface area contributed by atoms with Crippen molar-refractivity contribution in [3.63, 3.8) is 0 Å². The Bertz CT molecular complexity index is 1210. The molecule has 1 N–H and O–H groups in total. The molecule has 1 unspecified atom stereocenters. The van der Waals surface area contributed by atoms with Crippen molar-refractivity contribution in [2.24, 2.45) is 0 Å². The van der Waals surface area contributed by atoms with Gasteiger partial charge in [-0.2, -0.15) is 13.2 Å². The molecule has 34 heavy (non-hydrogen) atoms. The van der Waals surface area contributed by atoms with Gasteiger partial charge in [0, 0.05) is 5.56 Å². The molecule has 0 aliphatic carbocycles. The summed E-state index contributed by atoms with van der Waals surface area (Å²) in [5, 5.41) is 10.9. The molecule has 1 spiro atoms. The summed E-state index contributed by atoms with van der Waals surface area (Å²) in [5.74, 6) is -2.07. The summed E-state index contributed by atoms with van der Waals surface area (Å²) in [4.78, 5) is 15.1. The number of rotatable bonds is 4. The monoisotopic (exact) mass is 469 g/mol. The predicted octanol–water partition coefficient (Wildman–Crippen LogP) is 4.92. The summed E-state index contributed by atoms with van der Waals surface area (Å²) in [7, 11) is 0. The van der Waals surface area contributed by atoms with E-state index < -0.39 is 29.5 Å². The van der Waals surface area contributed by atoms with Crippen molar-refractivity contribution in [2.75, 3.05) is 18.1 Å². The molecular weight excluding hydrogens is 447 g/mol. The van der Waals surface area contributed by atoms with E-state index in [0.29, 0.717) is 30.9 Å². The molecule has 5 nitrogen and oxygen atoms in total. The zero-order valence-corrected chi connectivity index (χ0v) is 18.1. The third kappa shape index (κ3) is 3.77. The third-order valence-electron chi connectivity index (χ3n) is 6.15. The van der Waals surface area contributed by atoms with Crippen LogP contribution in [-0.2, 0) is 32.8 Å². The maximum absolute atomic E-state index is 13.5. The molecule has 2 aliphatic heterocycles. The van der Waals surface area contributed by atoms with Crippen LogP contribution in [0.15, 0.2) is 72.8 Å². The van der Waals surface area contributed by atoms with Crippen molar-refractivity contribution in [1.82, 2.24) is 0 Å². The number of carbonyl (C=O) groups is 1. The molecule has 0 radical (unpaired) electrons. The Kier molecular flexibility index (Phi) is 5.67. The highest BCUT2D eigenvalue weighted by atomic mass is 19.4. The van der Waals surface area contributed by atoms with Crippen LogP contribution in [0.2, 0.25) is 0 Å². The lowest BCUT2D eigenvalue weighted by molar-refractivity contribution is -0.256. The number of fused-ring (bicyclic) bond motifs is 2. The van der Waals surface area contributed by atoms with Crippen LogP contribution in [0.5, 0.6) is 0 Å². The van der Waals surface area contributed by atoms with Crippen molar-refractivity contribution in [3.05, 3.63) is 101 Å². The molecule has 3 aromatic carbocycles. The first-order valence-electron chi connectivity index (χ1n) is 10.9. The molecule has 0 aromatic heterocycles. The number of benzene rings is 3. The summed E-state index contributed by atoms with van der Waals surface area (Å²) in [6, 6.07) is 19.0. The second-order valence-electron chi connectivity index (χ2n) is 8.31. The number of aliphatic hydroxyl groups excluding tert-OH is 1. The average molecular weight is 469 g/mol. The van der Waals surface area contributed by atoms with Crippen LogP contribution in [0, 0.1) is 0 Å². The van der Waals surface area contributed by atoms with Gasteiger partial charge < -0.3 is 19.5 Å². The van der Waals surface area contributed by atoms with Gasteiger partial charge in [-0.05, 0) is 41.3 Å². The van der Waals surface area contributed by atoms with Gasteiger partial charge in [0.15, 0.2) is 0 Å². The number of anilines is 1. The van der Waals surface area contributed by atoms with E-state index in [0.717, 1.165) is 11.6 Å². The van der Waals surface area contributed by atoms with Gasteiger partial charge in [-0.1, -0.05) is 54.6 Å². The lowest BCUT2D eigenvalue weighted by Crippen LogP contribution is -2.47. The maximum Gasteiger partial charge on any atom is 0.416 e. The average Bonchev–Trinajstić information content (AvgIpc) is 3.06. The van der Waals surface area contributed by atoms with Crippen LogP contribution in [0.4, 0.5) is 18.9 Å². The summed E-state index contributed by atoms with van der Waals surface area (Å²) in [5.41, 5.74) is 0.856. The SMILES string of the molecule is O=C1N(Cc2ccccc2)c2ccc(C(O)c3ccccc3C(F)(F)F)cc2C12OCCCO2. The van der Waals surface area contributed by atoms with Crippen LogP contribution in [0.3, 0.4) is 0 Å². The van der Waals surface area contributed by atoms with Crippen LogP contribution < -0.4 is 4.90 Å². The third-order valence-corrected chi connectivity index (χ3v) is 6.15. The van der Waals surface area contributed by atoms with Crippen molar-refractivity contribution >= 4 is 11.6 Å². The Morgan fingerprint density at radius 2 is 1.65 bits per heavy atom. The number of hydrogen-bond donors (Lipinski definition) is 1. The molecule has 0 saturated carbocycles. The molecule has 176 valence electrons. The van der Waals surface area contributed by atoms with E-state index in [1.807, 2.05) is 30.3 Å². The van der Waals surface area contributed by atoms with Gasteiger partial charge in [-0.25, -0.2) is 0 Å². The van der Waals surface area contributed by atoms with Crippen LogP contribution in [0.25, 0.3) is 0 Å². The molecule has 2 aliphatic rings. The van der Waals surface area contributed by atoms with E-state index in [-0.39, 0.29) is 17.7 Å². The van der Waals surface area contributed by atoms with Crippen molar-refractivity contribution < 1.29 is 32.5 Å². The molecule has 1 atom stereocenters. The summed E-state index contributed by atoms with van der Waals surface area (Å²) >= 11 is 0. The van der Waals surface area contributed by atoms with E-state index in [2.05, 4.69) is 0 Å². The summed E-state index contributed by atoms with van der Waals surface area (Å²) < 4.78 is 52.4. The van der Waals surface area contributed by atoms with Gasteiger partial charge in [0.2, 0.25) is 0 Å². The predicted molar refractivity (Wildman–Crippen MR) is 118 cm³/mol. The van der Waals surface area contributed by atoms with E-state index >= 15 is 0 Å². The molecule has 3 aromatic rings. The largest absolute Gasteiger partial charge is 0.416 e. The lowest BCUT2D eigenvalue weighted by atomic mass is 9.93. The molecular formula is C26H22F3NO4. The van der Waals surface area contributed by atoms with Gasteiger partial charge >= 0.3 is 6.18 Å². The van der Waals surface area contributed by atoms with Gasteiger partial charge in [-0.15, -0.1) is 0 Å². The number of hydrogen-bond acceptors (Lipinski definition) is 4. The normalized spacial score (nSPS) is 18.2. The van der Waals surface area contributed by atoms with Gasteiger partial charge in [0.25, 0.3) is 11.7 Å². The highest BCUT2D eigenvalue weighted by molar-refractivity contribution is 6.06. The maximum atomic E-state index is 13.5. The zero-order chi connectivity index (χ0) is 23.9. The van der Waals surface area contributed by atoms with Crippen LogP contribution in [-0.4, -0.2) is 24.2 Å². The second-order valence-corrected chi connectivity index (χ2v) is 8.31. The van der Waals surface area contributed by atoms with Gasteiger partial charge in [0.1, 0.15) is 6.10 Å². The number of amides is 1. The molecule has 1 saturated heterocycles. The molecule has 1 fully saturated rings. The molecule has 2 heterocycles. The number of halogens is 3. The minimum Gasteiger partial charge on any atom is -0.384 e.